The van der Waals surface area contributed by atoms with Gasteiger partial charge < -0.3 is 14.6 Å². The zero-order valence-electron chi connectivity index (χ0n) is 17.1. The molecule has 0 atom stereocenters. The van der Waals surface area contributed by atoms with Crippen LogP contribution < -0.4 is 10.2 Å². The molecule has 30 heavy (non-hydrogen) atoms. The van der Waals surface area contributed by atoms with Gasteiger partial charge in [0.25, 0.3) is 5.91 Å². The van der Waals surface area contributed by atoms with E-state index in [1.165, 1.54) is 12.8 Å². The van der Waals surface area contributed by atoms with Gasteiger partial charge in [-0.2, -0.15) is 0 Å². The van der Waals surface area contributed by atoms with Gasteiger partial charge >= 0.3 is 0 Å². The molecule has 4 rings (SSSR count). The highest BCUT2D eigenvalue weighted by Crippen LogP contribution is 2.25. The molecule has 1 aliphatic rings. The minimum Gasteiger partial charge on any atom is -0.467 e. The molecule has 6 nitrogen and oxygen atoms in total. The maximum atomic E-state index is 12.5. The van der Waals surface area contributed by atoms with Crippen molar-refractivity contribution < 1.29 is 9.21 Å². The highest BCUT2D eigenvalue weighted by molar-refractivity contribution is 7.98. The zero-order chi connectivity index (χ0) is 20.8. The van der Waals surface area contributed by atoms with Gasteiger partial charge in [0, 0.05) is 36.2 Å². The first kappa shape index (κ1) is 20.5. The summed E-state index contributed by atoms with van der Waals surface area (Å²) in [5, 5.41) is 3.68. The molecule has 1 N–H and O–H groups in total. The predicted octanol–water partition coefficient (Wildman–Crippen LogP) is 4.45. The van der Waals surface area contributed by atoms with Crippen molar-refractivity contribution in [3.05, 3.63) is 71.3 Å². The Morgan fingerprint density at radius 3 is 2.80 bits per heavy atom. The van der Waals surface area contributed by atoms with E-state index in [-0.39, 0.29) is 5.91 Å². The fourth-order valence-electron chi connectivity index (χ4n) is 3.45. The Hall–Kier alpha value is -2.80. The summed E-state index contributed by atoms with van der Waals surface area (Å²) in [5.74, 6) is 2.37. The molecule has 0 spiro atoms. The van der Waals surface area contributed by atoms with Crippen molar-refractivity contribution in [3.63, 3.8) is 0 Å². The van der Waals surface area contributed by atoms with Crippen LogP contribution in [0.5, 0.6) is 0 Å². The van der Waals surface area contributed by atoms with Crippen LogP contribution in [-0.2, 0) is 18.7 Å². The summed E-state index contributed by atoms with van der Waals surface area (Å²) in [4.78, 5) is 24.3. The molecular weight excluding hydrogens is 396 g/mol. The van der Waals surface area contributed by atoms with E-state index in [0.29, 0.717) is 17.9 Å². The second kappa shape index (κ2) is 9.80. The first-order valence-electron chi connectivity index (χ1n) is 10.4. The van der Waals surface area contributed by atoms with Gasteiger partial charge in [-0.15, -0.1) is 0 Å². The highest BCUT2D eigenvalue weighted by atomic mass is 32.2. The van der Waals surface area contributed by atoms with Gasteiger partial charge in [-0.3, -0.25) is 4.79 Å². The number of carbonyl (C=O) groups excluding carboxylic acids is 1. The number of nitrogens with one attached hydrogen (secondary N) is 1. The minimum atomic E-state index is -0.112. The van der Waals surface area contributed by atoms with Crippen LogP contribution in [0.3, 0.4) is 0 Å². The average molecular weight is 423 g/mol. The maximum Gasteiger partial charge on any atom is 0.251 e. The Balaban J connectivity index is 1.40. The summed E-state index contributed by atoms with van der Waals surface area (Å²) in [7, 11) is 0. The fraction of sp³-hybridized carbons (Fsp3) is 0.348. The number of thioether (sulfide) groups is 1. The van der Waals surface area contributed by atoms with Crippen LogP contribution in [0.25, 0.3) is 0 Å². The van der Waals surface area contributed by atoms with Crippen molar-refractivity contribution >= 4 is 23.5 Å². The van der Waals surface area contributed by atoms with Crippen molar-refractivity contribution in [3.8, 4) is 0 Å². The lowest BCUT2D eigenvalue weighted by atomic mass is 10.1. The SMILES string of the molecule is CCc1cc(N2CCCC2)nc(SCc2cccc(C(=O)NCc3ccco3)c2)n1. The van der Waals surface area contributed by atoms with Gasteiger partial charge in [-0.25, -0.2) is 9.97 Å². The number of rotatable bonds is 8. The quantitative estimate of drug-likeness (QED) is 0.427. The molecule has 0 aliphatic carbocycles. The smallest absolute Gasteiger partial charge is 0.251 e. The molecule has 1 saturated heterocycles. The van der Waals surface area contributed by atoms with E-state index in [1.807, 2.05) is 36.4 Å². The summed E-state index contributed by atoms with van der Waals surface area (Å²) in [6, 6.07) is 13.5. The number of benzene rings is 1. The Morgan fingerprint density at radius 1 is 1.17 bits per heavy atom. The number of hydrogen-bond donors (Lipinski definition) is 1. The van der Waals surface area contributed by atoms with E-state index in [9.17, 15) is 4.79 Å². The lowest BCUT2D eigenvalue weighted by Gasteiger charge is -2.17. The van der Waals surface area contributed by atoms with Gasteiger partial charge in [0.05, 0.1) is 12.8 Å². The number of nitrogens with zero attached hydrogens (tertiary/aromatic N) is 3. The van der Waals surface area contributed by atoms with Crippen LogP contribution in [0.4, 0.5) is 5.82 Å². The number of furan rings is 1. The van der Waals surface area contributed by atoms with Crippen LogP contribution in [0.2, 0.25) is 0 Å². The van der Waals surface area contributed by atoms with Crippen LogP contribution in [0.15, 0.2) is 58.3 Å². The van der Waals surface area contributed by atoms with Gasteiger partial charge in [0.15, 0.2) is 5.16 Å². The monoisotopic (exact) mass is 422 g/mol. The maximum absolute atomic E-state index is 12.5. The molecular formula is C23H26N4O2S. The number of aryl methyl sites for hydroxylation is 1. The molecule has 1 aromatic carbocycles. The molecule has 7 heteroatoms. The zero-order valence-corrected chi connectivity index (χ0v) is 18.0. The van der Waals surface area contributed by atoms with Crippen molar-refractivity contribution in [2.75, 3.05) is 18.0 Å². The van der Waals surface area contributed by atoms with E-state index in [1.54, 1.807) is 18.0 Å². The first-order valence-corrected chi connectivity index (χ1v) is 11.3. The summed E-state index contributed by atoms with van der Waals surface area (Å²) in [6.45, 7) is 4.63. The fourth-order valence-corrected chi connectivity index (χ4v) is 4.26. The average Bonchev–Trinajstić information content (AvgIpc) is 3.50. The Labute approximate surface area is 181 Å². The third-order valence-corrected chi connectivity index (χ3v) is 6.02. The topological polar surface area (TPSA) is 71.3 Å². The van der Waals surface area contributed by atoms with Crippen LogP contribution in [0, 0.1) is 0 Å². The van der Waals surface area contributed by atoms with E-state index >= 15 is 0 Å². The van der Waals surface area contributed by atoms with Crippen molar-refractivity contribution in [2.45, 2.75) is 43.6 Å². The lowest BCUT2D eigenvalue weighted by molar-refractivity contribution is 0.0948. The Bertz CT molecular complexity index is 985. The molecule has 1 fully saturated rings. The van der Waals surface area contributed by atoms with Crippen LogP contribution >= 0.6 is 11.8 Å². The van der Waals surface area contributed by atoms with Gasteiger partial charge in [-0.1, -0.05) is 30.8 Å². The number of anilines is 1. The molecule has 3 heterocycles. The van der Waals surface area contributed by atoms with Gasteiger partial charge in [0.2, 0.25) is 0 Å². The van der Waals surface area contributed by atoms with E-state index in [2.05, 4.69) is 28.2 Å². The van der Waals surface area contributed by atoms with Crippen LogP contribution in [0.1, 0.15) is 47.1 Å². The molecule has 0 bridgehead atoms. The molecule has 0 saturated carbocycles. The number of hydrogen-bond acceptors (Lipinski definition) is 6. The number of aromatic nitrogens is 2. The number of amides is 1. The summed E-state index contributed by atoms with van der Waals surface area (Å²) < 4.78 is 5.26. The minimum absolute atomic E-state index is 0.112. The van der Waals surface area contributed by atoms with Crippen LogP contribution in [-0.4, -0.2) is 29.0 Å². The molecule has 0 radical (unpaired) electrons. The molecule has 1 amide bonds. The van der Waals surface area contributed by atoms with Crippen molar-refractivity contribution in [1.82, 2.24) is 15.3 Å². The second-order valence-electron chi connectivity index (χ2n) is 7.30. The molecule has 156 valence electrons. The Kier molecular flexibility index (Phi) is 6.69. The summed E-state index contributed by atoms with van der Waals surface area (Å²) >= 11 is 1.61. The lowest BCUT2D eigenvalue weighted by Crippen LogP contribution is -2.22. The predicted molar refractivity (Wildman–Crippen MR) is 119 cm³/mol. The van der Waals surface area contributed by atoms with E-state index < -0.39 is 0 Å². The molecule has 0 unspecified atom stereocenters. The third-order valence-electron chi connectivity index (χ3n) is 5.10. The normalized spacial score (nSPS) is 13.6. The highest BCUT2D eigenvalue weighted by Gasteiger charge is 2.16. The molecule has 2 aromatic heterocycles. The van der Waals surface area contributed by atoms with Crippen molar-refractivity contribution in [2.24, 2.45) is 0 Å². The van der Waals surface area contributed by atoms with Crippen molar-refractivity contribution in [1.29, 1.82) is 0 Å². The van der Waals surface area contributed by atoms with E-state index in [0.717, 1.165) is 47.5 Å². The standard InChI is InChI=1S/C23H26N4O2S/c1-2-19-14-21(27-10-3-4-11-27)26-23(25-19)30-16-17-7-5-8-18(13-17)22(28)24-15-20-9-6-12-29-20/h5-9,12-14H,2-4,10-11,15-16H2,1H3,(H,24,28). The molecule has 1 aliphatic heterocycles. The number of carbonyl (C=O) groups is 1. The summed E-state index contributed by atoms with van der Waals surface area (Å²) in [6.07, 6.45) is 4.94. The van der Waals surface area contributed by atoms with E-state index in [4.69, 9.17) is 9.40 Å². The second-order valence-corrected chi connectivity index (χ2v) is 8.24. The first-order chi connectivity index (χ1) is 14.7. The molecule has 3 aromatic rings. The third kappa shape index (κ3) is 5.21. The summed E-state index contributed by atoms with van der Waals surface area (Å²) in [5.41, 5.74) is 2.78. The Morgan fingerprint density at radius 2 is 2.03 bits per heavy atom. The van der Waals surface area contributed by atoms with Gasteiger partial charge in [0.1, 0.15) is 11.6 Å². The van der Waals surface area contributed by atoms with Gasteiger partial charge in [-0.05, 0) is 49.1 Å². The largest absolute Gasteiger partial charge is 0.467 e.